The molecule has 2 rings (SSSR count). The van der Waals surface area contributed by atoms with E-state index >= 15 is 0 Å². The van der Waals surface area contributed by atoms with Gasteiger partial charge in [-0.05, 0) is 36.5 Å². The van der Waals surface area contributed by atoms with Crippen LogP contribution in [-0.2, 0) is 11.2 Å². The summed E-state index contributed by atoms with van der Waals surface area (Å²) in [5.74, 6) is 0.559. The largest absolute Gasteiger partial charge is 0.381 e. The van der Waals surface area contributed by atoms with Gasteiger partial charge in [0.25, 0.3) is 0 Å². The molecule has 15 heavy (non-hydrogen) atoms. The van der Waals surface area contributed by atoms with Gasteiger partial charge >= 0.3 is 0 Å². The Kier molecular flexibility index (Phi) is 4.12. The maximum Gasteiger partial charge on any atom is 0.0507 e. The number of thiol groups is 1. The topological polar surface area (TPSA) is 9.23 Å². The molecule has 3 heteroatoms. The number of ether oxygens (including phenoxy) is 1. The third-order valence-corrected chi connectivity index (χ3v) is 4.05. The molecule has 0 aliphatic carbocycles. The van der Waals surface area contributed by atoms with E-state index < -0.39 is 0 Å². The lowest BCUT2D eigenvalue weighted by atomic mass is 9.94. The van der Waals surface area contributed by atoms with Gasteiger partial charge in [0, 0.05) is 16.3 Å². The zero-order chi connectivity index (χ0) is 10.7. The van der Waals surface area contributed by atoms with Gasteiger partial charge in [0.05, 0.1) is 6.61 Å². The fourth-order valence-electron chi connectivity index (χ4n) is 1.90. The maximum absolute atomic E-state index is 5.49. The van der Waals surface area contributed by atoms with Gasteiger partial charge in [0.1, 0.15) is 0 Å². The Morgan fingerprint density at radius 1 is 1.33 bits per heavy atom. The summed E-state index contributed by atoms with van der Waals surface area (Å²) in [5.41, 5.74) is 1.37. The summed E-state index contributed by atoms with van der Waals surface area (Å²) in [4.78, 5) is 0. The molecule has 1 aliphatic heterocycles. The minimum Gasteiger partial charge on any atom is -0.381 e. The maximum atomic E-state index is 5.49. The SMILES string of the molecule is SC1CCOCC1Cc1ccc(Br)cc1. The van der Waals surface area contributed by atoms with E-state index in [0.717, 1.165) is 30.5 Å². The van der Waals surface area contributed by atoms with E-state index in [1.54, 1.807) is 0 Å². The fourth-order valence-corrected chi connectivity index (χ4v) is 2.46. The first kappa shape index (κ1) is 11.5. The van der Waals surface area contributed by atoms with Crippen LogP contribution in [0.2, 0.25) is 0 Å². The lowest BCUT2D eigenvalue weighted by Crippen LogP contribution is -2.29. The summed E-state index contributed by atoms with van der Waals surface area (Å²) in [5, 5.41) is 0.488. The fraction of sp³-hybridized carbons (Fsp3) is 0.500. The molecular formula is C12H15BrOS. The van der Waals surface area contributed by atoms with Crippen molar-refractivity contribution in [1.29, 1.82) is 0 Å². The smallest absolute Gasteiger partial charge is 0.0507 e. The van der Waals surface area contributed by atoms with Crippen LogP contribution < -0.4 is 0 Å². The van der Waals surface area contributed by atoms with Gasteiger partial charge in [-0.2, -0.15) is 12.6 Å². The van der Waals surface area contributed by atoms with Crippen molar-refractivity contribution in [2.24, 2.45) is 5.92 Å². The molecule has 1 heterocycles. The predicted octanol–water partition coefficient (Wildman–Crippen LogP) is 3.33. The molecule has 2 atom stereocenters. The highest BCUT2D eigenvalue weighted by Gasteiger charge is 2.22. The van der Waals surface area contributed by atoms with Crippen LogP contribution in [0.4, 0.5) is 0 Å². The molecule has 0 radical (unpaired) electrons. The molecule has 1 nitrogen and oxygen atoms in total. The van der Waals surface area contributed by atoms with Crippen LogP contribution in [0.15, 0.2) is 28.7 Å². The Morgan fingerprint density at radius 2 is 2.07 bits per heavy atom. The second-order valence-electron chi connectivity index (χ2n) is 4.02. The van der Waals surface area contributed by atoms with Crippen LogP contribution in [-0.4, -0.2) is 18.5 Å². The third kappa shape index (κ3) is 3.23. The molecule has 82 valence electrons. The Morgan fingerprint density at radius 3 is 2.73 bits per heavy atom. The van der Waals surface area contributed by atoms with Gasteiger partial charge in [-0.3, -0.25) is 0 Å². The Hall–Kier alpha value is 0.01000. The highest BCUT2D eigenvalue weighted by atomic mass is 79.9. The highest BCUT2D eigenvalue weighted by molar-refractivity contribution is 9.10. The van der Waals surface area contributed by atoms with Crippen LogP contribution in [0.1, 0.15) is 12.0 Å². The number of rotatable bonds is 2. The van der Waals surface area contributed by atoms with Crippen molar-refractivity contribution in [1.82, 2.24) is 0 Å². The minimum atomic E-state index is 0.488. The normalized spacial score (nSPS) is 26.5. The Balaban J connectivity index is 1.98. The minimum absolute atomic E-state index is 0.488. The number of benzene rings is 1. The average molecular weight is 287 g/mol. The van der Waals surface area contributed by atoms with E-state index in [9.17, 15) is 0 Å². The summed E-state index contributed by atoms with van der Waals surface area (Å²) < 4.78 is 6.62. The van der Waals surface area contributed by atoms with E-state index in [1.807, 2.05) is 0 Å². The molecule has 0 amide bonds. The van der Waals surface area contributed by atoms with E-state index in [1.165, 1.54) is 5.56 Å². The van der Waals surface area contributed by atoms with E-state index in [2.05, 4.69) is 52.8 Å². The molecule has 1 saturated heterocycles. The van der Waals surface area contributed by atoms with Crippen LogP contribution in [0, 0.1) is 5.92 Å². The summed E-state index contributed by atoms with van der Waals surface area (Å²) in [6, 6.07) is 8.51. The second kappa shape index (κ2) is 5.37. The third-order valence-electron chi connectivity index (χ3n) is 2.85. The molecule has 0 spiro atoms. The van der Waals surface area contributed by atoms with Gasteiger partial charge in [0.15, 0.2) is 0 Å². The number of hydrogen-bond acceptors (Lipinski definition) is 2. The average Bonchev–Trinajstić information content (AvgIpc) is 2.25. The standard InChI is InChI=1S/C12H15BrOS/c13-11-3-1-9(2-4-11)7-10-8-14-6-5-12(10)15/h1-4,10,12,15H,5-8H2. The van der Waals surface area contributed by atoms with Gasteiger partial charge < -0.3 is 4.74 Å². The molecule has 2 unspecified atom stereocenters. The monoisotopic (exact) mass is 286 g/mol. The highest BCUT2D eigenvalue weighted by Crippen LogP contribution is 2.24. The zero-order valence-electron chi connectivity index (χ0n) is 8.53. The van der Waals surface area contributed by atoms with Crippen molar-refractivity contribution in [3.63, 3.8) is 0 Å². The van der Waals surface area contributed by atoms with Gasteiger partial charge in [-0.1, -0.05) is 28.1 Å². The van der Waals surface area contributed by atoms with Crippen molar-refractivity contribution in [2.75, 3.05) is 13.2 Å². The van der Waals surface area contributed by atoms with Crippen molar-refractivity contribution in [2.45, 2.75) is 18.1 Å². The molecule has 1 aromatic rings. The van der Waals surface area contributed by atoms with Gasteiger partial charge in [-0.15, -0.1) is 0 Å². The first-order chi connectivity index (χ1) is 7.25. The Labute approximate surface area is 105 Å². The van der Waals surface area contributed by atoms with Crippen LogP contribution in [0.3, 0.4) is 0 Å². The van der Waals surface area contributed by atoms with Crippen molar-refractivity contribution in [3.05, 3.63) is 34.3 Å². The van der Waals surface area contributed by atoms with E-state index in [4.69, 9.17) is 4.74 Å². The molecule has 1 aliphatic rings. The number of halogens is 1. The summed E-state index contributed by atoms with van der Waals surface area (Å²) in [7, 11) is 0. The van der Waals surface area contributed by atoms with Crippen molar-refractivity contribution in [3.8, 4) is 0 Å². The molecule has 1 fully saturated rings. The number of hydrogen-bond donors (Lipinski definition) is 1. The lowest BCUT2D eigenvalue weighted by molar-refractivity contribution is 0.0596. The van der Waals surface area contributed by atoms with Crippen molar-refractivity contribution >= 4 is 28.6 Å². The first-order valence-electron chi connectivity index (χ1n) is 5.26. The van der Waals surface area contributed by atoms with Crippen LogP contribution in [0.25, 0.3) is 0 Å². The lowest BCUT2D eigenvalue weighted by Gasteiger charge is -2.28. The summed E-state index contributed by atoms with van der Waals surface area (Å²) in [6.45, 7) is 1.72. The first-order valence-corrected chi connectivity index (χ1v) is 6.57. The van der Waals surface area contributed by atoms with Crippen molar-refractivity contribution < 1.29 is 4.74 Å². The molecule has 0 saturated carbocycles. The van der Waals surface area contributed by atoms with Crippen LogP contribution >= 0.6 is 28.6 Å². The molecular weight excluding hydrogens is 272 g/mol. The zero-order valence-corrected chi connectivity index (χ0v) is 11.0. The second-order valence-corrected chi connectivity index (χ2v) is 5.60. The van der Waals surface area contributed by atoms with E-state index in [0.29, 0.717) is 11.2 Å². The molecule has 0 bridgehead atoms. The van der Waals surface area contributed by atoms with Gasteiger partial charge in [0.2, 0.25) is 0 Å². The predicted molar refractivity (Wildman–Crippen MR) is 69.5 cm³/mol. The Bertz CT molecular complexity index is 312. The molecule has 1 aromatic carbocycles. The quantitative estimate of drug-likeness (QED) is 0.821. The molecule has 0 N–H and O–H groups in total. The summed E-state index contributed by atoms with van der Waals surface area (Å²) >= 11 is 8.06. The van der Waals surface area contributed by atoms with Gasteiger partial charge in [-0.25, -0.2) is 0 Å². The molecule has 0 aromatic heterocycles. The van der Waals surface area contributed by atoms with E-state index in [-0.39, 0.29) is 0 Å². The van der Waals surface area contributed by atoms with Crippen LogP contribution in [0.5, 0.6) is 0 Å². The summed E-state index contributed by atoms with van der Waals surface area (Å²) in [6.07, 6.45) is 2.14.